The highest BCUT2D eigenvalue weighted by Gasteiger charge is 2.21. The molecule has 0 aliphatic rings. The van der Waals surface area contributed by atoms with Gasteiger partial charge in [0.25, 0.3) is 0 Å². The fourth-order valence-electron chi connectivity index (χ4n) is 3.89. The lowest BCUT2D eigenvalue weighted by Gasteiger charge is -2.18. The van der Waals surface area contributed by atoms with Crippen molar-refractivity contribution in [3.63, 3.8) is 0 Å². The fraction of sp³-hybridized carbons (Fsp3) is 0.217. The molecule has 1 aromatic heterocycles. The van der Waals surface area contributed by atoms with Gasteiger partial charge in [-0.05, 0) is 37.1 Å². The minimum atomic E-state index is -3.66. The van der Waals surface area contributed by atoms with Gasteiger partial charge in [0.05, 0.1) is 4.90 Å². The molecule has 4 rings (SSSR count). The number of anilines is 1. The molecule has 4 aromatic rings. The van der Waals surface area contributed by atoms with Crippen molar-refractivity contribution in [2.75, 3.05) is 19.0 Å². The molecule has 0 saturated carbocycles. The zero-order valence-electron chi connectivity index (χ0n) is 16.8. The van der Waals surface area contributed by atoms with E-state index in [0.29, 0.717) is 11.3 Å². The van der Waals surface area contributed by atoms with Gasteiger partial charge < -0.3 is 9.88 Å². The van der Waals surface area contributed by atoms with E-state index in [1.54, 1.807) is 12.1 Å². The Morgan fingerprint density at radius 1 is 0.931 bits per heavy atom. The van der Waals surface area contributed by atoms with E-state index >= 15 is 0 Å². The molecule has 6 heteroatoms. The van der Waals surface area contributed by atoms with Gasteiger partial charge in [0.15, 0.2) is 0 Å². The third-order valence-electron chi connectivity index (χ3n) is 5.19. The molecular weight excluding hydrogens is 382 g/mol. The number of hydrogen-bond donors (Lipinski definition) is 2. The quantitative estimate of drug-likeness (QED) is 0.501. The SMILES string of the molecule is CC(Cc1c[nH]c2ccccc12)NS(=O)(=O)c1cccc2c(N(C)C)cccc12. The molecule has 29 heavy (non-hydrogen) atoms. The fourth-order valence-corrected chi connectivity index (χ4v) is 5.35. The Morgan fingerprint density at radius 2 is 1.62 bits per heavy atom. The van der Waals surface area contributed by atoms with Gasteiger partial charge in [-0.1, -0.05) is 42.5 Å². The molecule has 0 fully saturated rings. The Balaban J connectivity index is 1.64. The van der Waals surface area contributed by atoms with Crippen molar-refractivity contribution in [1.82, 2.24) is 9.71 Å². The highest BCUT2D eigenvalue weighted by molar-refractivity contribution is 7.89. The molecule has 1 atom stereocenters. The summed E-state index contributed by atoms with van der Waals surface area (Å²) in [5.74, 6) is 0. The molecule has 1 heterocycles. The Morgan fingerprint density at radius 3 is 2.41 bits per heavy atom. The summed E-state index contributed by atoms with van der Waals surface area (Å²) in [5.41, 5.74) is 3.15. The van der Waals surface area contributed by atoms with Crippen molar-refractivity contribution in [3.05, 3.63) is 72.4 Å². The van der Waals surface area contributed by atoms with Crippen LogP contribution in [-0.4, -0.2) is 33.5 Å². The van der Waals surface area contributed by atoms with Crippen LogP contribution in [0.1, 0.15) is 12.5 Å². The number of aromatic nitrogens is 1. The minimum Gasteiger partial charge on any atom is -0.377 e. The van der Waals surface area contributed by atoms with Crippen LogP contribution in [0.4, 0.5) is 5.69 Å². The van der Waals surface area contributed by atoms with Crippen molar-refractivity contribution >= 4 is 37.4 Å². The number of sulfonamides is 1. The van der Waals surface area contributed by atoms with E-state index in [1.165, 1.54) is 0 Å². The number of para-hydroxylation sites is 1. The lowest BCUT2D eigenvalue weighted by molar-refractivity contribution is 0.561. The molecule has 2 N–H and O–H groups in total. The third-order valence-corrected chi connectivity index (χ3v) is 6.84. The maximum Gasteiger partial charge on any atom is 0.241 e. The highest BCUT2D eigenvalue weighted by atomic mass is 32.2. The van der Waals surface area contributed by atoms with Gasteiger partial charge in [0, 0.05) is 53.7 Å². The Labute approximate surface area is 171 Å². The largest absolute Gasteiger partial charge is 0.377 e. The summed E-state index contributed by atoms with van der Waals surface area (Å²) < 4.78 is 29.3. The van der Waals surface area contributed by atoms with E-state index in [1.807, 2.05) is 74.6 Å². The van der Waals surface area contributed by atoms with Crippen LogP contribution in [0.15, 0.2) is 71.8 Å². The zero-order valence-corrected chi connectivity index (χ0v) is 17.6. The number of rotatable bonds is 6. The normalized spacial score (nSPS) is 13.1. The summed E-state index contributed by atoms with van der Waals surface area (Å²) in [4.78, 5) is 5.55. The van der Waals surface area contributed by atoms with Crippen LogP contribution in [0, 0.1) is 0 Å². The summed E-state index contributed by atoms with van der Waals surface area (Å²) >= 11 is 0. The van der Waals surface area contributed by atoms with E-state index in [-0.39, 0.29) is 6.04 Å². The van der Waals surface area contributed by atoms with Gasteiger partial charge in [0.2, 0.25) is 10.0 Å². The van der Waals surface area contributed by atoms with E-state index in [4.69, 9.17) is 0 Å². The molecule has 0 aliphatic heterocycles. The standard InChI is InChI=1S/C23H25N3O2S/c1-16(14-17-15-24-21-11-5-4-8-18(17)21)25-29(27,28)23-13-7-9-19-20(23)10-6-12-22(19)26(2)3/h4-13,15-16,24-25H,14H2,1-3H3. The van der Waals surface area contributed by atoms with Gasteiger partial charge in [-0.25, -0.2) is 13.1 Å². The van der Waals surface area contributed by atoms with Gasteiger partial charge in [0.1, 0.15) is 0 Å². The molecule has 0 spiro atoms. The van der Waals surface area contributed by atoms with Crippen LogP contribution in [0.25, 0.3) is 21.7 Å². The molecular formula is C23H25N3O2S. The maximum absolute atomic E-state index is 13.2. The van der Waals surface area contributed by atoms with Crippen LogP contribution in [0.2, 0.25) is 0 Å². The lowest BCUT2D eigenvalue weighted by atomic mass is 10.1. The van der Waals surface area contributed by atoms with E-state index in [2.05, 4.69) is 15.8 Å². The number of benzene rings is 3. The van der Waals surface area contributed by atoms with Crippen molar-refractivity contribution in [1.29, 1.82) is 0 Å². The predicted octanol–water partition coefficient (Wildman–Crippen LogP) is 4.30. The monoisotopic (exact) mass is 407 g/mol. The van der Waals surface area contributed by atoms with Crippen molar-refractivity contribution in [3.8, 4) is 0 Å². The van der Waals surface area contributed by atoms with Crippen LogP contribution in [0.5, 0.6) is 0 Å². The number of aromatic amines is 1. The first-order chi connectivity index (χ1) is 13.9. The molecule has 5 nitrogen and oxygen atoms in total. The molecule has 1 unspecified atom stereocenters. The average Bonchev–Trinajstić information content (AvgIpc) is 3.09. The second-order valence-corrected chi connectivity index (χ2v) is 9.29. The Kier molecular flexibility index (Phi) is 5.06. The number of nitrogens with zero attached hydrogens (tertiary/aromatic N) is 1. The van der Waals surface area contributed by atoms with Gasteiger partial charge in [-0.15, -0.1) is 0 Å². The van der Waals surface area contributed by atoms with Crippen molar-refractivity contribution < 1.29 is 8.42 Å². The highest BCUT2D eigenvalue weighted by Crippen LogP contribution is 2.30. The molecule has 150 valence electrons. The summed E-state index contributed by atoms with van der Waals surface area (Å²) in [6.07, 6.45) is 2.56. The van der Waals surface area contributed by atoms with Crippen LogP contribution < -0.4 is 9.62 Å². The third kappa shape index (κ3) is 3.73. The smallest absolute Gasteiger partial charge is 0.241 e. The first kappa shape index (κ1) is 19.5. The van der Waals surface area contributed by atoms with Gasteiger partial charge in [-0.2, -0.15) is 0 Å². The van der Waals surface area contributed by atoms with Gasteiger partial charge >= 0.3 is 0 Å². The van der Waals surface area contributed by atoms with Crippen LogP contribution >= 0.6 is 0 Å². The molecule has 0 bridgehead atoms. The molecule has 0 aliphatic carbocycles. The van der Waals surface area contributed by atoms with Crippen LogP contribution in [-0.2, 0) is 16.4 Å². The predicted molar refractivity (Wildman–Crippen MR) is 120 cm³/mol. The summed E-state index contributed by atoms with van der Waals surface area (Å²) in [6.45, 7) is 1.90. The summed E-state index contributed by atoms with van der Waals surface area (Å²) in [7, 11) is 0.248. The lowest BCUT2D eigenvalue weighted by Crippen LogP contribution is -2.34. The number of nitrogens with one attached hydrogen (secondary N) is 2. The first-order valence-corrected chi connectivity index (χ1v) is 11.1. The Bertz CT molecular complexity index is 1280. The van der Waals surface area contributed by atoms with Crippen LogP contribution in [0.3, 0.4) is 0 Å². The second kappa shape index (κ2) is 7.54. The molecule has 3 aromatic carbocycles. The number of hydrogen-bond acceptors (Lipinski definition) is 3. The minimum absolute atomic E-state index is 0.244. The molecule has 0 radical (unpaired) electrons. The van der Waals surface area contributed by atoms with Gasteiger partial charge in [-0.3, -0.25) is 0 Å². The van der Waals surface area contributed by atoms with Crippen molar-refractivity contribution in [2.24, 2.45) is 0 Å². The number of H-pyrrole nitrogens is 1. The Hall–Kier alpha value is -2.83. The first-order valence-electron chi connectivity index (χ1n) is 9.63. The molecule has 0 amide bonds. The maximum atomic E-state index is 13.2. The summed E-state index contributed by atoms with van der Waals surface area (Å²) in [6, 6.07) is 19.0. The van der Waals surface area contributed by atoms with Crippen molar-refractivity contribution in [2.45, 2.75) is 24.3 Å². The molecule has 0 saturated heterocycles. The second-order valence-electron chi connectivity index (χ2n) is 7.61. The topological polar surface area (TPSA) is 65.2 Å². The summed E-state index contributed by atoms with van der Waals surface area (Å²) in [5, 5.41) is 2.77. The number of fused-ring (bicyclic) bond motifs is 2. The van der Waals surface area contributed by atoms with E-state index in [9.17, 15) is 8.42 Å². The van der Waals surface area contributed by atoms with E-state index < -0.39 is 10.0 Å². The average molecular weight is 408 g/mol. The van der Waals surface area contributed by atoms with E-state index in [0.717, 1.165) is 32.9 Å². The zero-order chi connectivity index (χ0) is 20.6.